The predicted molar refractivity (Wildman–Crippen MR) is 68.8 cm³/mol. The molecule has 0 unspecified atom stereocenters. The zero-order valence-corrected chi connectivity index (χ0v) is 11.2. The van der Waals surface area contributed by atoms with E-state index in [9.17, 15) is 9.59 Å². The molecule has 2 aliphatic rings. The van der Waals surface area contributed by atoms with Crippen LogP contribution in [0.1, 0.15) is 27.7 Å². The van der Waals surface area contributed by atoms with Crippen LogP contribution in [-0.4, -0.2) is 24.3 Å². The summed E-state index contributed by atoms with van der Waals surface area (Å²) in [5, 5.41) is 5.19. The molecule has 2 rings (SSSR count). The lowest BCUT2D eigenvalue weighted by Gasteiger charge is -2.05. The molecule has 0 aromatic carbocycles. The Morgan fingerprint density at radius 2 is 2.17 bits per heavy atom. The van der Waals surface area contributed by atoms with Crippen molar-refractivity contribution in [1.29, 1.82) is 0 Å². The Hall–Kier alpha value is -1.65. The SMILES string of the molecule is CC(C)=C[C@H]1[C@H](C(=O)NC2=NCC(=O)N2)C1(C)C. The highest BCUT2D eigenvalue weighted by Crippen LogP contribution is 2.59. The number of nitrogens with one attached hydrogen (secondary N) is 2. The van der Waals surface area contributed by atoms with Crippen LogP contribution >= 0.6 is 0 Å². The zero-order chi connectivity index (χ0) is 13.5. The van der Waals surface area contributed by atoms with Crippen molar-refractivity contribution in [2.45, 2.75) is 27.7 Å². The summed E-state index contributed by atoms with van der Waals surface area (Å²) < 4.78 is 0. The first kappa shape index (κ1) is 12.8. The monoisotopic (exact) mass is 249 g/mol. The van der Waals surface area contributed by atoms with Crippen LogP contribution in [0.4, 0.5) is 0 Å². The van der Waals surface area contributed by atoms with Crippen molar-refractivity contribution in [3.8, 4) is 0 Å². The van der Waals surface area contributed by atoms with E-state index >= 15 is 0 Å². The first-order valence-corrected chi connectivity index (χ1v) is 6.12. The molecule has 0 spiro atoms. The number of rotatable bonds is 2. The molecule has 0 radical (unpaired) electrons. The Balaban J connectivity index is 1.99. The van der Waals surface area contributed by atoms with Crippen LogP contribution in [0.15, 0.2) is 16.6 Å². The van der Waals surface area contributed by atoms with E-state index in [1.807, 2.05) is 13.8 Å². The summed E-state index contributed by atoms with van der Waals surface area (Å²) in [7, 11) is 0. The molecule has 1 saturated carbocycles. The van der Waals surface area contributed by atoms with E-state index in [1.54, 1.807) is 0 Å². The van der Waals surface area contributed by atoms with E-state index in [0.29, 0.717) is 0 Å². The third-order valence-electron chi connectivity index (χ3n) is 3.59. The van der Waals surface area contributed by atoms with Crippen molar-refractivity contribution in [3.63, 3.8) is 0 Å². The van der Waals surface area contributed by atoms with Gasteiger partial charge in [0.15, 0.2) is 0 Å². The summed E-state index contributed by atoms with van der Waals surface area (Å²) in [5.74, 6) is 0.251. The Bertz CT molecular complexity index is 459. The highest BCUT2D eigenvalue weighted by Gasteiger charge is 2.60. The third-order valence-corrected chi connectivity index (χ3v) is 3.59. The number of aliphatic imine (C=N–C) groups is 1. The fourth-order valence-electron chi connectivity index (χ4n) is 2.48. The number of hydrogen-bond donors (Lipinski definition) is 2. The maximum Gasteiger partial charge on any atom is 0.248 e. The number of amides is 2. The lowest BCUT2D eigenvalue weighted by atomic mass is 10.1. The molecule has 1 fully saturated rings. The molecule has 1 aliphatic carbocycles. The van der Waals surface area contributed by atoms with Gasteiger partial charge in [-0.15, -0.1) is 0 Å². The molecule has 0 bridgehead atoms. The summed E-state index contributed by atoms with van der Waals surface area (Å²) in [6, 6.07) is 0. The van der Waals surface area contributed by atoms with Gasteiger partial charge in [-0.2, -0.15) is 0 Å². The first-order chi connectivity index (χ1) is 8.32. The summed E-state index contributed by atoms with van der Waals surface area (Å²) in [6.45, 7) is 8.32. The van der Waals surface area contributed by atoms with Gasteiger partial charge in [-0.05, 0) is 25.2 Å². The predicted octanol–water partition coefficient (Wildman–Crippen LogP) is 0.827. The molecule has 2 N–H and O–H groups in total. The maximum atomic E-state index is 12.1. The molecule has 1 heterocycles. The van der Waals surface area contributed by atoms with E-state index < -0.39 is 0 Å². The Morgan fingerprint density at radius 3 is 2.67 bits per heavy atom. The van der Waals surface area contributed by atoms with Crippen LogP contribution in [0.5, 0.6) is 0 Å². The maximum absolute atomic E-state index is 12.1. The minimum Gasteiger partial charge on any atom is -0.296 e. The summed E-state index contributed by atoms with van der Waals surface area (Å²) >= 11 is 0. The number of guanidine groups is 1. The molecule has 0 saturated heterocycles. The quantitative estimate of drug-likeness (QED) is 0.711. The van der Waals surface area contributed by atoms with Crippen molar-refractivity contribution in [2.75, 3.05) is 6.54 Å². The van der Waals surface area contributed by atoms with E-state index in [0.717, 1.165) is 0 Å². The topological polar surface area (TPSA) is 70.6 Å². The van der Waals surface area contributed by atoms with Crippen molar-refractivity contribution in [3.05, 3.63) is 11.6 Å². The normalized spacial score (nSPS) is 28.2. The Labute approximate surface area is 107 Å². The molecular formula is C13H19N3O2. The van der Waals surface area contributed by atoms with Gasteiger partial charge in [0.25, 0.3) is 0 Å². The largest absolute Gasteiger partial charge is 0.296 e. The molecule has 18 heavy (non-hydrogen) atoms. The van der Waals surface area contributed by atoms with Crippen LogP contribution in [0.25, 0.3) is 0 Å². The van der Waals surface area contributed by atoms with Crippen molar-refractivity contribution in [2.24, 2.45) is 22.2 Å². The standard InChI is InChI=1S/C13H19N3O2/c1-7(2)5-8-10(13(8,3)4)11(18)16-12-14-6-9(17)15-12/h5,8,10H,6H2,1-4H3,(H2,14,15,16,17,18)/t8-,10+/m0/s1. The summed E-state index contributed by atoms with van der Waals surface area (Å²) in [6.07, 6.45) is 2.14. The van der Waals surface area contributed by atoms with E-state index in [2.05, 4.69) is 35.5 Å². The smallest absolute Gasteiger partial charge is 0.248 e. The number of allylic oxidation sites excluding steroid dienone is 2. The van der Waals surface area contributed by atoms with E-state index in [4.69, 9.17) is 0 Å². The van der Waals surface area contributed by atoms with Crippen LogP contribution in [0, 0.1) is 17.3 Å². The molecule has 5 heteroatoms. The molecule has 5 nitrogen and oxygen atoms in total. The summed E-state index contributed by atoms with van der Waals surface area (Å²) in [5.41, 5.74) is 1.19. The number of carbonyl (C=O) groups is 2. The molecule has 0 aromatic rings. The second-order valence-corrected chi connectivity index (χ2v) is 5.77. The van der Waals surface area contributed by atoms with Crippen molar-refractivity contribution >= 4 is 17.8 Å². The third kappa shape index (κ3) is 2.30. The second kappa shape index (κ2) is 4.23. The van der Waals surface area contributed by atoms with Crippen LogP contribution < -0.4 is 10.6 Å². The minimum atomic E-state index is -0.179. The number of nitrogens with zero attached hydrogens (tertiary/aromatic N) is 1. The lowest BCUT2D eigenvalue weighted by Crippen LogP contribution is -2.41. The van der Waals surface area contributed by atoms with Gasteiger partial charge in [-0.3, -0.25) is 20.2 Å². The second-order valence-electron chi connectivity index (χ2n) is 5.77. The average molecular weight is 249 g/mol. The minimum absolute atomic E-state index is 0.0233. The van der Waals surface area contributed by atoms with Crippen LogP contribution in [0.2, 0.25) is 0 Å². The molecule has 2 atom stereocenters. The van der Waals surface area contributed by atoms with Crippen molar-refractivity contribution < 1.29 is 9.59 Å². The fourth-order valence-corrected chi connectivity index (χ4v) is 2.48. The van der Waals surface area contributed by atoms with Gasteiger partial charge in [0.1, 0.15) is 6.54 Å². The van der Waals surface area contributed by atoms with Gasteiger partial charge < -0.3 is 0 Å². The molecular weight excluding hydrogens is 230 g/mol. The molecule has 1 aliphatic heterocycles. The van der Waals surface area contributed by atoms with Gasteiger partial charge in [0.2, 0.25) is 17.8 Å². The summed E-state index contributed by atoms with van der Waals surface area (Å²) in [4.78, 5) is 27.0. The van der Waals surface area contributed by atoms with Crippen molar-refractivity contribution in [1.82, 2.24) is 10.6 Å². The Morgan fingerprint density at radius 1 is 1.50 bits per heavy atom. The number of hydrogen-bond acceptors (Lipinski definition) is 3. The molecule has 2 amide bonds. The highest BCUT2D eigenvalue weighted by molar-refractivity contribution is 6.09. The average Bonchev–Trinajstić information content (AvgIpc) is 2.56. The zero-order valence-electron chi connectivity index (χ0n) is 11.2. The first-order valence-electron chi connectivity index (χ1n) is 6.12. The van der Waals surface area contributed by atoms with Gasteiger partial charge in [-0.25, -0.2) is 4.99 Å². The molecule has 0 aromatic heterocycles. The van der Waals surface area contributed by atoms with Gasteiger partial charge in [0, 0.05) is 0 Å². The Kier molecular flexibility index (Phi) is 3.00. The number of carbonyl (C=O) groups excluding carboxylic acids is 2. The van der Waals surface area contributed by atoms with Gasteiger partial charge >= 0.3 is 0 Å². The molecule has 98 valence electrons. The van der Waals surface area contributed by atoms with Crippen LogP contribution in [0.3, 0.4) is 0 Å². The highest BCUT2D eigenvalue weighted by atomic mass is 16.2. The van der Waals surface area contributed by atoms with E-state index in [-0.39, 0.29) is 41.6 Å². The van der Waals surface area contributed by atoms with Gasteiger partial charge in [-0.1, -0.05) is 25.5 Å². The van der Waals surface area contributed by atoms with E-state index in [1.165, 1.54) is 5.57 Å². The van der Waals surface area contributed by atoms with Gasteiger partial charge in [0.05, 0.1) is 5.92 Å². The fraction of sp³-hybridized carbons (Fsp3) is 0.615. The van der Waals surface area contributed by atoms with Crippen LogP contribution in [-0.2, 0) is 9.59 Å². The lowest BCUT2D eigenvalue weighted by molar-refractivity contribution is -0.121.